The Labute approximate surface area is 335 Å². The molecule has 6 aromatic rings. The molecule has 284 valence electrons. The second-order valence-electron chi connectivity index (χ2n) is 11.4. The summed E-state index contributed by atoms with van der Waals surface area (Å²) in [5, 5.41) is 5.24. The number of para-hydroxylation sites is 2. The minimum absolute atomic E-state index is 0. The molecule has 0 saturated carbocycles. The largest absolute Gasteiger partial charge is 4.00 e. The van der Waals surface area contributed by atoms with Crippen LogP contribution < -0.4 is 20.1 Å². The van der Waals surface area contributed by atoms with Gasteiger partial charge in [0.15, 0.2) is 0 Å². The van der Waals surface area contributed by atoms with Gasteiger partial charge in [0.2, 0.25) is 0 Å². The third-order valence-corrected chi connectivity index (χ3v) is 7.19. The number of hydrogen-bond donors (Lipinski definition) is 2. The van der Waals surface area contributed by atoms with Crippen molar-refractivity contribution in [2.45, 2.75) is 38.5 Å². The van der Waals surface area contributed by atoms with E-state index in [1.807, 2.05) is 84.9 Å². The van der Waals surface area contributed by atoms with Gasteiger partial charge < -0.3 is 20.1 Å². The van der Waals surface area contributed by atoms with Crippen LogP contribution in [0.2, 0.25) is 0 Å². The van der Waals surface area contributed by atoms with Crippen LogP contribution in [0.5, 0.6) is 11.5 Å². The van der Waals surface area contributed by atoms with E-state index < -0.39 is 35.5 Å². The first-order valence-electron chi connectivity index (χ1n) is 17.4. The average molecular weight is 787 g/mol. The molecule has 0 saturated heterocycles. The molecule has 6 aromatic carbocycles. The van der Waals surface area contributed by atoms with E-state index in [0.717, 1.165) is 0 Å². The van der Waals surface area contributed by atoms with Crippen LogP contribution in [0, 0.1) is 35.4 Å². The van der Waals surface area contributed by atoms with Crippen molar-refractivity contribution < 1.29 is 58.3 Å². The van der Waals surface area contributed by atoms with Crippen LogP contribution in [-0.2, 0) is 34.6 Å². The maximum absolute atomic E-state index is 13.3. The molecular formula is C44H42F4N2O4Ti. The van der Waals surface area contributed by atoms with E-state index in [0.29, 0.717) is 74.2 Å². The SMILES string of the molecule is O=C(NCCCCc1ccc(F)[c-]c1F)Oc1ccccc1.O=C(NCCCCc1ccc(F)[c-]c1F)Oc1ccccc1.[Ti+4].c1cc[cH-]c1.c1cc[cH-]c1. The fourth-order valence-electron chi connectivity index (χ4n) is 4.50. The van der Waals surface area contributed by atoms with Crippen LogP contribution in [0.1, 0.15) is 36.8 Å². The van der Waals surface area contributed by atoms with E-state index in [4.69, 9.17) is 9.47 Å². The second kappa shape index (κ2) is 28.1. The Balaban J connectivity index is 0.000000298. The molecule has 0 aliphatic carbocycles. The number of carbonyl (C=O) groups is 2. The standard InChI is InChI=1S/2C17H16F2NO2.2C5H5.Ti/c2*18-14-10-9-13(16(19)12-14)6-4-5-11-20-17(21)22-15-7-2-1-3-8-15;2*1-2-4-5-3-1;/h2*1-3,7-10H,4-6,11H2,(H,20,21);2*1-5H;/q4*-1;+4. The molecule has 0 fully saturated rings. The number of aryl methyl sites for hydroxylation is 2. The van der Waals surface area contributed by atoms with E-state index >= 15 is 0 Å². The van der Waals surface area contributed by atoms with Crippen molar-refractivity contribution in [1.29, 1.82) is 0 Å². The molecule has 0 unspecified atom stereocenters. The van der Waals surface area contributed by atoms with E-state index in [1.54, 1.807) is 48.5 Å². The van der Waals surface area contributed by atoms with Gasteiger partial charge >= 0.3 is 33.9 Å². The fourth-order valence-corrected chi connectivity index (χ4v) is 4.50. The third-order valence-electron chi connectivity index (χ3n) is 7.19. The smallest absolute Gasteiger partial charge is 0.410 e. The van der Waals surface area contributed by atoms with Crippen LogP contribution in [0.25, 0.3) is 0 Å². The molecule has 0 bridgehead atoms. The number of carbonyl (C=O) groups excluding carboxylic acids is 2. The zero-order chi connectivity index (χ0) is 38.6. The number of ether oxygens (including phenoxy) is 2. The van der Waals surface area contributed by atoms with Gasteiger partial charge in [-0.25, -0.2) is 51.4 Å². The molecule has 2 amide bonds. The van der Waals surface area contributed by atoms with Crippen molar-refractivity contribution in [3.8, 4) is 11.5 Å². The summed E-state index contributed by atoms with van der Waals surface area (Å²) in [6.07, 6.45) is 2.57. The average Bonchev–Trinajstić information content (AvgIpc) is 3.95. The number of hydrogen-bond acceptors (Lipinski definition) is 4. The van der Waals surface area contributed by atoms with E-state index in [9.17, 15) is 27.2 Å². The maximum atomic E-state index is 13.3. The van der Waals surface area contributed by atoms with Crippen molar-refractivity contribution in [2.75, 3.05) is 13.1 Å². The molecule has 55 heavy (non-hydrogen) atoms. The van der Waals surface area contributed by atoms with Gasteiger partial charge in [-0.05, 0) is 37.1 Å². The second-order valence-corrected chi connectivity index (χ2v) is 11.4. The van der Waals surface area contributed by atoms with Gasteiger partial charge in [-0.2, -0.15) is 48.5 Å². The van der Waals surface area contributed by atoms with E-state index in [-0.39, 0.29) is 21.7 Å². The summed E-state index contributed by atoms with van der Waals surface area (Å²) in [7, 11) is 0. The molecule has 0 aliphatic heterocycles. The predicted octanol–water partition coefficient (Wildman–Crippen LogP) is 10.6. The zero-order valence-corrected chi connectivity index (χ0v) is 31.7. The third kappa shape index (κ3) is 21.1. The Kier molecular flexibility index (Phi) is 23.3. The maximum Gasteiger partial charge on any atom is 4.00 e. The summed E-state index contributed by atoms with van der Waals surface area (Å²) >= 11 is 0. The van der Waals surface area contributed by atoms with Crippen molar-refractivity contribution in [3.05, 3.63) is 192 Å². The Morgan fingerprint density at radius 3 is 1.18 bits per heavy atom. The van der Waals surface area contributed by atoms with Crippen LogP contribution in [-0.4, -0.2) is 25.3 Å². The minimum atomic E-state index is -0.702. The molecule has 2 N–H and O–H groups in total. The van der Waals surface area contributed by atoms with Crippen LogP contribution in [0.4, 0.5) is 27.2 Å². The van der Waals surface area contributed by atoms with Crippen LogP contribution in [0.15, 0.2) is 146 Å². The van der Waals surface area contributed by atoms with Gasteiger partial charge in [0, 0.05) is 36.4 Å². The number of amides is 2. The molecule has 6 rings (SSSR count). The molecule has 0 aliphatic rings. The minimum Gasteiger partial charge on any atom is -0.410 e. The molecular weight excluding hydrogens is 744 g/mol. The Hall–Kier alpha value is -5.45. The van der Waals surface area contributed by atoms with Crippen LogP contribution >= 0.6 is 0 Å². The summed E-state index contributed by atoms with van der Waals surface area (Å²) in [5.41, 5.74) is 0.849. The van der Waals surface area contributed by atoms with Gasteiger partial charge in [-0.1, -0.05) is 62.1 Å². The van der Waals surface area contributed by atoms with Crippen LogP contribution in [0.3, 0.4) is 0 Å². The summed E-state index contributed by atoms with van der Waals surface area (Å²) in [6.45, 7) is 0.858. The van der Waals surface area contributed by atoms with Gasteiger partial charge in [0.1, 0.15) is 11.5 Å². The Morgan fingerprint density at radius 2 is 0.873 bits per heavy atom. The van der Waals surface area contributed by atoms with Gasteiger partial charge in [0.05, 0.1) is 0 Å². The molecule has 0 atom stereocenters. The first kappa shape index (κ1) is 45.7. The zero-order valence-electron chi connectivity index (χ0n) is 30.2. The molecule has 0 radical (unpaired) electrons. The van der Waals surface area contributed by atoms with Crippen molar-refractivity contribution in [3.63, 3.8) is 0 Å². The van der Waals surface area contributed by atoms with Crippen molar-refractivity contribution in [2.24, 2.45) is 0 Å². The molecule has 0 heterocycles. The molecule has 11 heteroatoms. The first-order valence-corrected chi connectivity index (χ1v) is 17.4. The van der Waals surface area contributed by atoms with Gasteiger partial charge in [-0.3, -0.25) is 0 Å². The van der Waals surface area contributed by atoms with Crippen molar-refractivity contribution >= 4 is 12.2 Å². The number of unbranched alkanes of at least 4 members (excludes halogenated alkanes) is 2. The summed E-state index contributed by atoms with van der Waals surface area (Å²) in [4.78, 5) is 23.0. The monoisotopic (exact) mass is 786 g/mol. The van der Waals surface area contributed by atoms with E-state index in [1.165, 1.54) is 24.3 Å². The topological polar surface area (TPSA) is 76.7 Å². The Morgan fingerprint density at radius 1 is 0.509 bits per heavy atom. The van der Waals surface area contributed by atoms with E-state index in [2.05, 4.69) is 10.6 Å². The van der Waals surface area contributed by atoms with Gasteiger partial charge in [0.25, 0.3) is 0 Å². The molecule has 0 aromatic heterocycles. The normalized spacial score (nSPS) is 9.67. The Bertz CT molecular complexity index is 1690. The predicted molar refractivity (Wildman–Crippen MR) is 201 cm³/mol. The first-order chi connectivity index (χ1) is 26.3. The number of benzene rings is 4. The summed E-state index contributed by atoms with van der Waals surface area (Å²) < 4.78 is 62.2. The quantitative estimate of drug-likeness (QED) is 0.0561. The number of rotatable bonds is 12. The summed E-state index contributed by atoms with van der Waals surface area (Å²) in [6, 6.07) is 46.7. The summed E-state index contributed by atoms with van der Waals surface area (Å²) in [5.74, 6) is -1.76. The number of halogens is 4. The van der Waals surface area contributed by atoms with Crippen molar-refractivity contribution in [1.82, 2.24) is 10.6 Å². The van der Waals surface area contributed by atoms with Gasteiger partial charge in [-0.15, -0.1) is 35.4 Å². The number of nitrogens with one attached hydrogen (secondary N) is 2. The molecule has 6 nitrogen and oxygen atoms in total. The fraction of sp³-hybridized carbons (Fsp3) is 0.182. The molecule has 0 spiro atoms.